The lowest BCUT2D eigenvalue weighted by Crippen LogP contribution is -2.14. The first-order valence-corrected chi connectivity index (χ1v) is 5.84. The van der Waals surface area contributed by atoms with Crippen LogP contribution in [0, 0.1) is 11.7 Å². The molecule has 0 amide bonds. The minimum atomic E-state index is -0.394. The molecule has 0 aliphatic heterocycles. The van der Waals surface area contributed by atoms with E-state index < -0.39 is 5.82 Å². The van der Waals surface area contributed by atoms with Gasteiger partial charge in [0.15, 0.2) is 0 Å². The number of hydrogen-bond acceptors (Lipinski definition) is 2. The molecular weight excluding hydrogens is 227 g/mol. The van der Waals surface area contributed by atoms with E-state index in [1.165, 1.54) is 12.1 Å². The van der Waals surface area contributed by atoms with E-state index in [0.29, 0.717) is 11.6 Å². The second-order valence-electron chi connectivity index (χ2n) is 4.26. The van der Waals surface area contributed by atoms with Gasteiger partial charge in [0.2, 0.25) is 0 Å². The number of hydrogen-bond donors (Lipinski definition) is 2. The standard InChI is InChI=1S/C12H18ClFN2/c1-4-8(7(2)3)9-5-11(14)10(13)6-12(9)16-15/h5-8,16H,4,15H2,1-3H3. The Labute approximate surface area is 101 Å². The predicted molar refractivity (Wildman–Crippen MR) is 67.1 cm³/mol. The quantitative estimate of drug-likeness (QED) is 0.623. The average Bonchev–Trinajstić information content (AvgIpc) is 2.23. The third-order valence-corrected chi connectivity index (χ3v) is 3.18. The number of nitrogens with one attached hydrogen (secondary N) is 1. The van der Waals surface area contributed by atoms with Crippen LogP contribution in [0.15, 0.2) is 12.1 Å². The Morgan fingerprint density at radius 3 is 2.50 bits per heavy atom. The predicted octanol–water partition coefficient (Wildman–Crippen LogP) is 3.91. The van der Waals surface area contributed by atoms with Crippen molar-refractivity contribution in [1.29, 1.82) is 0 Å². The summed E-state index contributed by atoms with van der Waals surface area (Å²) in [5, 5.41) is 0.0929. The van der Waals surface area contributed by atoms with Crippen molar-refractivity contribution in [2.75, 3.05) is 5.43 Å². The Hall–Kier alpha value is -0.800. The number of hydrazine groups is 1. The molecule has 0 saturated heterocycles. The number of nitrogens with two attached hydrogens (primary N) is 1. The van der Waals surface area contributed by atoms with Crippen molar-refractivity contribution in [2.45, 2.75) is 33.1 Å². The van der Waals surface area contributed by atoms with Crippen molar-refractivity contribution in [1.82, 2.24) is 0 Å². The van der Waals surface area contributed by atoms with Gasteiger partial charge in [-0.25, -0.2) is 4.39 Å². The van der Waals surface area contributed by atoms with Crippen molar-refractivity contribution in [3.05, 3.63) is 28.5 Å². The molecule has 1 aromatic rings. The summed E-state index contributed by atoms with van der Waals surface area (Å²) in [7, 11) is 0. The zero-order valence-corrected chi connectivity index (χ0v) is 10.6. The summed E-state index contributed by atoms with van der Waals surface area (Å²) in [5.41, 5.74) is 4.17. The molecule has 0 spiro atoms. The fraction of sp³-hybridized carbons (Fsp3) is 0.500. The Bertz CT molecular complexity index is 366. The van der Waals surface area contributed by atoms with Gasteiger partial charge >= 0.3 is 0 Å². The van der Waals surface area contributed by atoms with Gasteiger partial charge in [-0.2, -0.15) is 0 Å². The number of nitrogen functional groups attached to an aromatic ring is 1. The number of benzene rings is 1. The van der Waals surface area contributed by atoms with Crippen LogP contribution < -0.4 is 11.3 Å². The van der Waals surface area contributed by atoms with Gasteiger partial charge in [0.05, 0.1) is 10.7 Å². The first-order chi connectivity index (χ1) is 7.51. The second-order valence-corrected chi connectivity index (χ2v) is 4.66. The average molecular weight is 245 g/mol. The van der Waals surface area contributed by atoms with E-state index in [2.05, 4.69) is 26.2 Å². The molecule has 0 aromatic heterocycles. The van der Waals surface area contributed by atoms with E-state index in [4.69, 9.17) is 17.4 Å². The summed E-state index contributed by atoms with van der Waals surface area (Å²) in [6.45, 7) is 6.30. The SMILES string of the molecule is CCC(c1cc(F)c(Cl)cc1NN)C(C)C. The van der Waals surface area contributed by atoms with Crippen LogP contribution in [0.5, 0.6) is 0 Å². The molecule has 0 fully saturated rings. The first-order valence-electron chi connectivity index (χ1n) is 5.46. The van der Waals surface area contributed by atoms with Crippen LogP contribution in [0.4, 0.5) is 10.1 Å². The molecule has 0 heterocycles. The molecule has 0 aliphatic carbocycles. The Morgan fingerprint density at radius 1 is 1.44 bits per heavy atom. The molecule has 2 nitrogen and oxygen atoms in total. The molecule has 1 atom stereocenters. The monoisotopic (exact) mass is 244 g/mol. The van der Waals surface area contributed by atoms with Crippen LogP contribution >= 0.6 is 11.6 Å². The van der Waals surface area contributed by atoms with Crippen molar-refractivity contribution < 1.29 is 4.39 Å². The highest BCUT2D eigenvalue weighted by Crippen LogP contribution is 2.35. The van der Waals surface area contributed by atoms with Crippen LogP contribution in [0.2, 0.25) is 5.02 Å². The van der Waals surface area contributed by atoms with Crippen molar-refractivity contribution >= 4 is 17.3 Å². The van der Waals surface area contributed by atoms with Gasteiger partial charge in [-0.15, -0.1) is 0 Å². The van der Waals surface area contributed by atoms with Crippen molar-refractivity contribution in [2.24, 2.45) is 11.8 Å². The lowest BCUT2D eigenvalue weighted by Gasteiger charge is -2.22. The largest absolute Gasteiger partial charge is 0.324 e. The molecule has 1 aromatic carbocycles. The maximum Gasteiger partial charge on any atom is 0.142 e. The van der Waals surface area contributed by atoms with Crippen molar-refractivity contribution in [3.8, 4) is 0 Å². The van der Waals surface area contributed by atoms with Gasteiger partial charge < -0.3 is 5.43 Å². The smallest absolute Gasteiger partial charge is 0.142 e. The van der Waals surface area contributed by atoms with Gasteiger partial charge in [0.1, 0.15) is 5.82 Å². The summed E-state index contributed by atoms with van der Waals surface area (Å²) in [6.07, 6.45) is 0.938. The normalized spacial score (nSPS) is 12.9. The molecule has 0 aliphatic rings. The summed E-state index contributed by atoms with van der Waals surface area (Å²) in [6, 6.07) is 3.02. The highest BCUT2D eigenvalue weighted by atomic mass is 35.5. The molecular formula is C12H18ClFN2. The minimum Gasteiger partial charge on any atom is -0.324 e. The lowest BCUT2D eigenvalue weighted by molar-refractivity contribution is 0.483. The maximum absolute atomic E-state index is 13.5. The van der Waals surface area contributed by atoms with Gasteiger partial charge in [-0.1, -0.05) is 32.4 Å². The number of rotatable bonds is 4. The van der Waals surface area contributed by atoms with Gasteiger partial charge in [0.25, 0.3) is 0 Å². The number of halogens is 2. The molecule has 3 N–H and O–H groups in total. The first kappa shape index (κ1) is 13.3. The van der Waals surface area contributed by atoms with E-state index in [0.717, 1.165) is 12.0 Å². The van der Waals surface area contributed by atoms with Crippen molar-refractivity contribution in [3.63, 3.8) is 0 Å². The zero-order chi connectivity index (χ0) is 12.3. The molecule has 1 unspecified atom stereocenters. The van der Waals surface area contributed by atoms with Crippen LogP contribution in [0.3, 0.4) is 0 Å². The van der Waals surface area contributed by atoms with Crippen LogP contribution in [-0.2, 0) is 0 Å². The van der Waals surface area contributed by atoms with Crippen LogP contribution in [0.1, 0.15) is 38.7 Å². The summed E-state index contributed by atoms with van der Waals surface area (Å²) in [4.78, 5) is 0. The van der Waals surface area contributed by atoms with E-state index in [9.17, 15) is 4.39 Å². The summed E-state index contributed by atoms with van der Waals surface area (Å²) >= 11 is 5.72. The third kappa shape index (κ3) is 2.66. The minimum absolute atomic E-state index is 0.0929. The molecule has 1 rings (SSSR count). The summed E-state index contributed by atoms with van der Waals surface area (Å²) in [5.74, 6) is 5.74. The number of anilines is 1. The van der Waals surface area contributed by atoms with Gasteiger partial charge in [-0.05, 0) is 36.0 Å². The fourth-order valence-corrected chi connectivity index (χ4v) is 2.21. The van der Waals surface area contributed by atoms with Gasteiger partial charge in [-0.3, -0.25) is 5.84 Å². The molecule has 16 heavy (non-hydrogen) atoms. The summed E-state index contributed by atoms with van der Waals surface area (Å²) < 4.78 is 13.5. The molecule has 90 valence electrons. The Kier molecular flexibility index (Phi) is 4.56. The maximum atomic E-state index is 13.5. The van der Waals surface area contributed by atoms with Crippen LogP contribution in [-0.4, -0.2) is 0 Å². The molecule has 0 bridgehead atoms. The van der Waals surface area contributed by atoms with E-state index in [1.54, 1.807) is 0 Å². The van der Waals surface area contributed by atoms with Gasteiger partial charge in [0, 0.05) is 0 Å². The highest BCUT2D eigenvalue weighted by Gasteiger charge is 2.19. The third-order valence-electron chi connectivity index (χ3n) is 2.89. The Morgan fingerprint density at radius 2 is 2.06 bits per heavy atom. The highest BCUT2D eigenvalue weighted by molar-refractivity contribution is 6.31. The molecule has 0 radical (unpaired) electrons. The van der Waals surface area contributed by atoms with E-state index >= 15 is 0 Å². The van der Waals surface area contributed by atoms with Crippen LogP contribution in [0.25, 0.3) is 0 Å². The fourth-order valence-electron chi connectivity index (χ4n) is 2.04. The Balaban J connectivity index is 3.24. The topological polar surface area (TPSA) is 38.0 Å². The lowest BCUT2D eigenvalue weighted by atomic mass is 9.85. The second kappa shape index (κ2) is 5.51. The van der Waals surface area contributed by atoms with E-state index in [-0.39, 0.29) is 10.9 Å². The van der Waals surface area contributed by atoms with E-state index in [1.807, 2.05) is 0 Å². The zero-order valence-electron chi connectivity index (χ0n) is 9.85. The molecule has 4 heteroatoms. The molecule has 0 saturated carbocycles.